The molecule has 5 N–H and O–H groups in total. The summed E-state index contributed by atoms with van der Waals surface area (Å²) in [5.74, 6) is -0.187. The van der Waals surface area contributed by atoms with Gasteiger partial charge in [0.1, 0.15) is 0 Å². The molecule has 0 heterocycles. The Kier molecular flexibility index (Phi) is 30.5. The molecule has 7 nitrogen and oxygen atoms in total. The Hall–Kier alpha value is -1.06. The van der Waals surface area contributed by atoms with Crippen molar-refractivity contribution in [1.29, 1.82) is 0 Å². The maximum absolute atomic E-state index is 10.0. The van der Waals surface area contributed by atoms with E-state index in [1.165, 1.54) is 59.8 Å². The average Bonchev–Trinajstić information content (AvgIpc) is 2.10. The molecule has 0 aromatic rings. The van der Waals surface area contributed by atoms with E-state index >= 15 is 0 Å². The number of allylic oxidation sites excluding steroid dienone is 6. The fourth-order valence-corrected chi connectivity index (χ4v) is 0.882. The normalized spacial score (nSPS) is 10.4. The summed E-state index contributed by atoms with van der Waals surface area (Å²) in [7, 11) is 0. The summed E-state index contributed by atoms with van der Waals surface area (Å²) >= 11 is 0. The van der Waals surface area contributed by atoms with Crippen LogP contribution < -0.4 is 0 Å². The van der Waals surface area contributed by atoms with Gasteiger partial charge in [-0.2, -0.15) is 0 Å². The summed E-state index contributed by atoms with van der Waals surface area (Å²) in [6, 6.07) is 0. The van der Waals surface area contributed by atoms with E-state index in [1.54, 1.807) is 0 Å². The zero-order valence-electron chi connectivity index (χ0n) is 14.3. The number of rotatable bonds is 3. The van der Waals surface area contributed by atoms with Crippen molar-refractivity contribution >= 4 is 17.3 Å². The van der Waals surface area contributed by atoms with Gasteiger partial charge in [0.2, 0.25) is 0 Å². The van der Waals surface area contributed by atoms with Gasteiger partial charge in [0.25, 0.3) is 0 Å². The second-order valence-electron chi connectivity index (χ2n) is 4.19. The number of hydrogen-bond donors (Lipinski definition) is 3. The topological polar surface area (TPSA) is 143 Å². The third-order valence-corrected chi connectivity index (χ3v) is 1.24. The SMILES string of the molecule is CC(=O)/C=C(/C)O.CC(=O)/C=C(/C)O.CC(=O)/C=C(\C)O.O.[Nd]. The Bertz CT molecular complexity index is 370. The number of carbonyl (C=O) groups excluding carboxylic acids is 3. The van der Waals surface area contributed by atoms with Gasteiger partial charge in [0.15, 0.2) is 17.3 Å². The standard InChI is InChI=1S/3C5H8O2.Nd.H2O/c3*1-4(6)3-5(2)7;;/h3*3,6H,1-2H3;;1H2/b4-3+;2*4-3-;;. The van der Waals surface area contributed by atoms with Crippen LogP contribution in [0.1, 0.15) is 41.5 Å². The van der Waals surface area contributed by atoms with Crippen LogP contribution in [0.3, 0.4) is 0 Å². The fourth-order valence-electron chi connectivity index (χ4n) is 0.882. The van der Waals surface area contributed by atoms with Crippen LogP contribution in [0.4, 0.5) is 0 Å². The van der Waals surface area contributed by atoms with Crippen molar-refractivity contribution in [3.05, 3.63) is 35.5 Å². The van der Waals surface area contributed by atoms with E-state index in [0.29, 0.717) is 0 Å². The molecule has 23 heavy (non-hydrogen) atoms. The van der Waals surface area contributed by atoms with Crippen molar-refractivity contribution in [2.75, 3.05) is 0 Å². The largest absolute Gasteiger partial charge is 0.512 e. The minimum Gasteiger partial charge on any atom is -0.512 e. The molecular weight excluding hydrogens is 436 g/mol. The van der Waals surface area contributed by atoms with Gasteiger partial charge < -0.3 is 20.8 Å². The van der Waals surface area contributed by atoms with E-state index in [4.69, 9.17) is 15.3 Å². The van der Waals surface area contributed by atoms with Crippen LogP contribution in [0, 0.1) is 40.8 Å². The third-order valence-electron chi connectivity index (χ3n) is 1.24. The van der Waals surface area contributed by atoms with Crippen LogP contribution in [0.25, 0.3) is 0 Å². The molecule has 0 radical (unpaired) electrons. The molecule has 0 aromatic carbocycles. The number of aliphatic hydroxyl groups is 3. The summed E-state index contributed by atoms with van der Waals surface area (Å²) < 4.78 is 0. The molecule has 0 spiro atoms. The number of carbonyl (C=O) groups is 3. The van der Waals surface area contributed by atoms with Gasteiger partial charge in [0.05, 0.1) is 17.3 Å². The molecule has 0 aliphatic carbocycles. The first-order valence-corrected chi connectivity index (χ1v) is 6.02. The summed E-state index contributed by atoms with van der Waals surface area (Å²) in [5, 5.41) is 25.1. The molecule has 8 heteroatoms. The van der Waals surface area contributed by atoms with E-state index in [-0.39, 0.29) is 80.9 Å². The zero-order chi connectivity index (χ0) is 17.6. The van der Waals surface area contributed by atoms with Crippen LogP contribution in [0.5, 0.6) is 0 Å². The minimum atomic E-state index is -0.125. The Labute approximate surface area is 169 Å². The maximum Gasteiger partial charge on any atom is 0.155 e. The van der Waals surface area contributed by atoms with Crippen LogP contribution in [0.2, 0.25) is 0 Å². The Morgan fingerprint density at radius 2 is 0.696 bits per heavy atom. The second-order valence-corrected chi connectivity index (χ2v) is 4.19. The molecule has 0 saturated carbocycles. The van der Waals surface area contributed by atoms with Crippen LogP contribution in [-0.4, -0.2) is 38.1 Å². The Morgan fingerprint density at radius 1 is 0.565 bits per heavy atom. The van der Waals surface area contributed by atoms with E-state index in [1.807, 2.05) is 0 Å². The molecule has 0 fully saturated rings. The van der Waals surface area contributed by atoms with E-state index < -0.39 is 0 Å². The van der Waals surface area contributed by atoms with Crippen molar-refractivity contribution in [2.24, 2.45) is 0 Å². The molecule has 0 amide bonds. The number of aliphatic hydroxyl groups excluding tert-OH is 3. The van der Waals surface area contributed by atoms with Gasteiger partial charge in [-0.1, -0.05) is 0 Å². The molecule has 0 atom stereocenters. The van der Waals surface area contributed by atoms with E-state index in [9.17, 15) is 14.4 Å². The van der Waals surface area contributed by atoms with Gasteiger partial charge in [-0.3, -0.25) is 14.4 Å². The molecule has 132 valence electrons. The number of ketones is 3. The van der Waals surface area contributed by atoms with E-state index in [0.717, 1.165) is 0 Å². The molecule has 0 saturated heterocycles. The number of hydrogen-bond acceptors (Lipinski definition) is 6. The molecule has 0 aliphatic rings. The maximum atomic E-state index is 10.0. The van der Waals surface area contributed by atoms with Gasteiger partial charge in [-0.05, 0) is 41.5 Å². The van der Waals surface area contributed by atoms with Gasteiger partial charge in [-0.25, -0.2) is 0 Å². The van der Waals surface area contributed by atoms with Gasteiger partial charge in [0, 0.05) is 59.1 Å². The van der Waals surface area contributed by atoms with E-state index in [2.05, 4.69) is 0 Å². The molecule has 0 bridgehead atoms. The summed E-state index contributed by atoms with van der Waals surface area (Å²) in [6.45, 7) is 8.54. The molecule has 0 aliphatic heterocycles. The fraction of sp³-hybridized carbons (Fsp3) is 0.400. The van der Waals surface area contributed by atoms with Crippen LogP contribution in [0.15, 0.2) is 35.5 Å². The first-order valence-electron chi connectivity index (χ1n) is 6.02. The second kappa shape index (κ2) is 20.9. The summed E-state index contributed by atoms with van der Waals surface area (Å²) in [6.07, 6.45) is 3.50. The Morgan fingerprint density at radius 3 is 0.696 bits per heavy atom. The van der Waals surface area contributed by atoms with Gasteiger partial charge in [-0.15, -0.1) is 0 Å². The van der Waals surface area contributed by atoms with Crippen LogP contribution in [-0.2, 0) is 14.4 Å². The van der Waals surface area contributed by atoms with Crippen LogP contribution >= 0.6 is 0 Å². The zero-order valence-corrected chi connectivity index (χ0v) is 17.5. The van der Waals surface area contributed by atoms with Crippen molar-refractivity contribution in [3.63, 3.8) is 0 Å². The predicted octanol–water partition coefficient (Wildman–Crippen LogP) is 2.29. The van der Waals surface area contributed by atoms with Crippen molar-refractivity contribution in [3.8, 4) is 0 Å². The van der Waals surface area contributed by atoms with Crippen molar-refractivity contribution < 1.29 is 76.0 Å². The Balaban J connectivity index is -0.0000000675. The monoisotopic (exact) mass is 460 g/mol. The average molecular weight is 463 g/mol. The summed E-state index contributed by atoms with van der Waals surface area (Å²) in [4.78, 5) is 30.1. The smallest absolute Gasteiger partial charge is 0.155 e. The molecule has 0 unspecified atom stereocenters. The van der Waals surface area contributed by atoms with Crippen molar-refractivity contribution in [2.45, 2.75) is 41.5 Å². The quantitative estimate of drug-likeness (QED) is 0.434. The van der Waals surface area contributed by atoms with Crippen molar-refractivity contribution in [1.82, 2.24) is 0 Å². The first kappa shape index (κ1) is 33.5. The predicted molar refractivity (Wildman–Crippen MR) is 84.8 cm³/mol. The summed E-state index contributed by atoms with van der Waals surface area (Å²) in [5.41, 5.74) is 0. The molecular formula is C15H26NdO7. The molecule has 0 rings (SSSR count). The molecule has 0 aromatic heterocycles. The third kappa shape index (κ3) is 62.8. The van der Waals surface area contributed by atoms with Gasteiger partial charge >= 0.3 is 0 Å². The minimum absolute atomic E-state index is 0. The first-order chi connectivity index (χ1) is 9.38.